The molecule has 0 saturated carbocycles. The van der Waals surface area contributed by atoms with E-state index in [-0.39, 0.29) is 0 Å². The van der Waals surface area contributed by atoms with Gasteiger partial charge in [0.05, 0.1) is 12.0 Å². The molecule has 0 radical (unpaired) electrons. The Hall–Kier alpha value is -1.55. The van der Waals surface area contributed by atoms with E-state index in [0.717, 1.165) is 11.4 Å². The van der Waals surface area contributed by atoms with E-state index < -0.39 is 0 Å². The maximum Gasteiger partial charge on any atom is 0.182 e. The van der Waals surface area contributed by atoms with E-state index >= 15 is 0 Å². The molecule has 94 valence electrons. The zero-order valence-electron chi connectivity index (χ0n) is 10.4. The Bertz CT molecular complexity index is 510. The van der Waals surface area contributed by atoms with Crippen LogP contribution in [0.15, 0.2) is 30.5 Å². The van der Waals surface area contributed by atoms with Gasteiger partial charge in [-0.25, -0.2) is 0 Å². The van der Waals surface area contributed by atoms with Gasteiger partial charge in [0.25, 0.3) is 0 Å². The molecule has 4 heteroatoms. The average Bonchev–Trinajstić information content (AvgIpc) is 2.82. The van der Waals surface area contributed by atoms with Crippen molar-refractivity contribution in [2.45, 2.75) is 25.7 Å². The summed E-state index contributed by atoms with van der Waals surface area (Å²) >= 11 is 1.76. The fourth-order valence-electron chi connectivity index (χ4n) is 2.23. The Balaban J connectivity index is 1.76. The minimum absolute atomic E-state index is 0.865. The van der Waals surface area contributed by atoms with Gasteiger partial charge in [-0.1, -0.05) is 17.8 Å². The zero-order valence-corrected chi connectivity index (χ0v) is 11.2. The number of aromatic nitrogens is 1. The van der Waals surface area contributed by atoms with Crippen LogP contribution in [0.4, 0.5) is 5.69 Å². The van der Waals surface area contributed by atoms with Gasteiger partial charge in [-0.3, -0.25) is 0 Å². The number of benzene rings is 1. The molecule has 0 amide bonds. The summed E-state index contributed by atoms with van der Waals surface area (Å²) in [4.78, 5) is 1.50. The highest BCUT2D eigenvalue weighted by molar-refractivity contribution is 7.02. The maximum absolute atomic E-state index is 5.14. The van der Waals surface area contributed by atoms with Crippen LogP contribution in [0.1, 0.15) is 23.3 Å². The molecule has 1 aromatic carbocycles. The van der Waals surface area contributed by atoms with Crippen LogP contribution in [-0.2, 0) is 12.8 Å². The first-order chi connectivity index (χ1) is 8.85. The molecule has 1 aliphatic carbocycles. The smallest absolute Gasteiger partial charge is 0.182 e. The van der Waals surface area contributed by atoms with Crippen LogP contribution in [0, 0.1) is 0 Å². The van der Waals surface area contributed by atoms with Gasteiger partial charge >= 0.3 is 0 Å². The molecule has 0 saturated heterocycles. The van der Waals surface area contributed by atoms with E-state index in [9.17, 15) is 0 Å². The molecule has 3 nitrogen and oxygen atoms in total. The summed E-state index contributed by atoms with van der Waals surface area (Å²) in [6.45, 7) is 0. The Kier molecular flexibility index (Phi) is 3.19. The van der Waals surface area contributed by atoms with Gasteiger partial charge in [-0.2, -0.15) is 4.07 Å². The van der Waals surface area contributed by atoms with Crippen molar-refractivity contribution in [3.63, 3.8) is 0 Å². The third-order valence-electron chi connectivity index (χ3n) is 3.21. The number of hydrogen-bond donors (Lipinski definition) is 0. The molecule has 0 unspecified atom stereocenters. The monoisotopic (exact) mass is 260 g/mol. The molecule has 0 N–H and O–H groups in total. The van der Waals surface area contributed by atoms with E-state index in [4.69, 9.17) is 4.74 Å². The summed E-state index contributed by atoms with van der Waals surface area (Å²) in [7, 11) is 1.67. The molecule has 2 aromatic rings. The van der Waals surface area contributed by atoms with Gasteiger partial charge in [0.15, 0.2) is 6.20 Å². The summed E-state index contributed by atoms with van der Waals surface area (Å²) < 4.78 is 7.12. The van der Waals surface area contributed by atoms with Crippen LogP contribution in [0.5, 0.6) is 5.75 Å². The second-order valence-electron chi connectivity index (χ2n) is 4.48. The normalized spacial score (nSPS) is 14.1. The van der Waals surface area contributed by atoms with Crippen molar-refractivity contribution in [3.8, 4) is 5.75 Å². The lowest BCUT2D eigenvalue weighted by Gasteiger charge is -2.10. The van der Waals surface area contributed by atoms with E-state index in [1.807, 2.05) is 28.3 Å². The predicted octanol–water partition coefficient (Wildman–Crippen LogP) is 3.39. The van der Waals surface area contributed by atoms with Gasteiger partial charge in [0.1, 0.15) is 17.3 Å². The second-order valence-corrected chi connectivity index (χ2v) is 5.53. The first-order valence-electron chi connectivity index (χ1n) is 6.25. The van der Waals surface area contributed by atoms with Crippen LogP contribution < -0.4 is 8.80 Å². The first-order valence-corrected chi connectivity index (χ1v) is 7.02. The Labute approximate surface area is 111 Å². The lowest BCUT2D eigenvalue weighted by atomic mass is 10.0. The van der Waals surface area contributed by atoms with Crippen molar-refractivity contribution in [1.82, 2.24) is 0 Å². The van der Waals surface area contributed by atoms with Gasteiger partial charge < -0.3 is 10.2 Å². The summed E-state index contributed by atoms with van der Waals surface area (Å²) in [6.07, 6.45) is 7.22. The van der Waals surface area contributed by atoms with E-state index in [0.29, 0.717) is 0 Å². The number of nitrogens with zero attached hydrogens (tertiary/aromatic N) is 2. The fraction of sp³-hybridized carbons (Fsp3) is 0.357. The molecule has 1 aliphatic rings. The topological polar surface area (TPSA) is 27.2 Å². The second kappa shape index (κ2) is 4.98. The van der Waals surface area contributed by atoms with Gasteiger partial charge in [0, 0.05) is 5.56 Å². The number of hydrogen-bond acceptors (Lipinski definition) is 2. The van der Waals surface area contributed by atoms with Crippen molar-refractivity contribution >= 4 is 17.2 Å². The fourth-order valence-corrected chi connectivity index (χ4v) is 3.27. The van der Waals surface area contributed by atoms with Crippen molar-refractivity contribution in [2.75, 3.05) is 7.11 Å². The van der Waals surface area contributed by atoms with Gasteiger partial charge in [-0.15, -0.1) is 0 Å². The lowest BCUT2D eigenvalue weighted by Crippen LogP contribution is -2.20. The van der Waals surface area contributed by atoms with Crippen molar-refractivity contribution in [1.29, 1.82) is 0 Å². The minimum atomic E-state index is 0.865. The quantitative estimate of drug-likeness (QED) is 0.777. The van der Waals surface area contributed by atoms with Gasteiger partial charge in [0.2, 0.25) is 0 Å². The van der Waals surface area contributed by atoms with Crippen LogP contribution in [0.2, 0.25) is 0 Å². The SMILES string of the molecule is COc1ccc([N-][n+]2cc3c(s2)CCCC3)cc1. The van der Waals surface area contributed by atoms with Crippen molar-refractivity contribution in [2.24, 2.45) is 0 Å². The van der Waals surface area contributed by atoms with Crippen molar-refractivity contribution < 1.29 is 8.80 Å². The lowest BCUT2D eigenvalue weighted by molar-refractivity contribution is -0.545. The van der Waals surface area contributed by atoms with E-state index in [1.165, 1.54) is 36.1 Å². The number of rotatable bonds is 3. The standard InChI is InChI=1S/C14H16N2OS/c1-17-13-8-6-12(7-9-13)15-16-10-11-4-2-3-5-14(11)18-16/h6-10H,2-5H2,1H3. The predicted molar refractivity (Wildman–Crippen MR) is 72.6 cm³/mol. The zero-order chi connectivity index (χ0) is 12.4. The summed E-state index contributed by atoms with van der Waals surface area (Å²) in [5.41, 5.74) is 7.03. The Morgan fingerprint density at radius 1 is 1.17 bits per heavy atom. The average molecular weight is 260 g/mol. The highest BCUT2D eigenvalue weighted by Gasteiger charge is 2.16. The first kappa shape index (κ1) is 11.5. The summed E-state index contributed by atoms with van der Waals surface area (Å²) in [5.74, 6) is 0.865. The van der Waals surface area contributed by atoms with Crippen LogP contribution in [0.25, 0.3) is 5.43 Å². The van der Waals surface area contributed by atoms with Crippen molar-refractivity contribution in [3.05, 3.63) is 46.3 Å². The molecule has 18 heavy (non-hydrogen) atoms. The van der Waals surface area contributed by atoms with Crippen LogP contribution in [-0.4, -0.2) is 7.11 Å². The molecule has 3 rings (SSSR count). The van der Waals surface area contributed by atoms with Crippen LogP contribution >= 0.6 is 11.5 Å². The summed E-state index contributed by atoms with van der Waals surface area (Å²) in [5, 5.41) is 0. The molecule has 0 fully saturated rings. The molecule has 0 aliphatic heterocycles. The third-order valence-corrected chi connectivity index (χ3v) is 4.28. The van der Waals surface area contributed by atoms with Crippen LogP contribution in [0.3, 0.4) is 0 Å². The minimum Gasteiger partial charge on any atom is -0.497 e. The number of ether oxygens (including phenoxy) is 1. The molecule has 0 bridgehead atoms. The molecular weight excluding hydrogens is 244 g/mol. The summed E-state index contributed by atoms with van der Waals surface area (Å²) in [6, 6.07) is 7.83. The molecule has 0 spiro atoms. The number of aryl methyl sites for hydroxylation is 2. The van der Waals surface area contributed by atoms with Gasteiger partial charge in [-0.05, 0) is 37.8 Å². The number of fused-ring (bicyclic) bond motifs is 1. The molecular formula is C14H16N2OS. The maximum atomic E-state index is 5.14. The Morgan fingerprint density at radius 3 is 2.67 bits per heavy atom. The molecule has 1 heterocycles. The third kappa shape index (κ3) is 2.34. The number of methoxy groups -OCH3 is 1. The highest BCUT2D eigenvalue weighted by Crippen LogP contribution is 2.25. The largest absolute Gasteiger partial charge is 0.497 e. The molecule has 0 atom stereocenters. The molecule has 1 aromatic heterocycles. The van der Waals surface area contributed by atoms with E-state index in [2.05, 4.69) is 11.6 Å². The Morgan fingerprint density at radius 2 is 1.94 bits per heavy atom. The highest BCUT2D eigenvalue weighted by atomic mass is 32.1. The van der Waals surface area contributed by atoms with E-state index in [1.54, 1.807) is 18.6 Å².